The Morgan fingerprint density at radius 2 is 2.57 bits per heavy atom. The molecule has 23 heavy (non-hydrogen) atoms. The van der Waals surface area contributed by atoms with E-state index in [9.17, 15) is 2.74 Å². The Kier molecular flexibility index (Phi) is 0.892. The highest BCUT2D eigenvalue weighted by Gasteiger charge is 2.45. The van der Waals surface area contributed by atoms with Crippen LogP contribution in [0.1, 0.15) is 115 Å². The lowest BCUT2D eigenvalue weighted by Gasteiger charge is -2.46. The molecule has 3 rings (SSSR count). The summed E-state index contributed by atoms with van der Waals surface area (Å²) < 4.78 is 245. The molecule has 2 aliphatic rings. The number of aromatic hydroxyl groups is 1. The summed E-state index contributed by atoms with van der Waals surface area (Å²) in [6, 6.07) is -3.61. The van der Waals surface area contributed by atoms with E-state index in [1.165, 1.54) is 0 Å². The second-order valence-electron chi connectivity index (χ2n) is 4.53. The van der Waals surface area contributed by atoms with Crippen molar-refractivity contribution in [2.24, 2.45) is 5.89 Å². The molecule has 0 amide bonds. The third-order valence-corrected chi connectivity index (χ3v) is 3.00. The number of rotatable bonds is 5. The van der Waals surface area contributed by atoms with Gasteiger partial charge in [0, 0.05) is 53.0 Å². The Morgan fingerprint density at radius 1 is 1.61 bits per heavy atom. The van der Waals surface area contributed by atoms with E-state index in [0.717, 1.165) is 0 Å². The van der Waals surface area contributed by atoms with Crippen LogP contribution in [0, 0.1) is 5.89 Å². The maximum atomic E-state index is 9.50. The fourth-order valence-electron chi connectivity index (χ4n) is 2.12. The molecule has 2 nitrogen and oxygen atoms in total. The highest BCUT2D eigenvalue weighted by Crippen LogP contribution is 2.53. The zero-order valence-corrected chi connectivity index (χ0v) is 11.4. The number of hydrogen-bond donors (Lipinski definition) is 1. The number of allylic oxidation sites excluding steroid dienone is 2. The Morgan fingerprint density at radius 3 is 3.35 bits per heavy atom. The lowest BCUT2D eigenvalue weighted by molar-refractivity contribution is 0.0107. The Labute approximate surface area is 181 Å². The normalized spacial score (nSPS) is 59.4. The molecule has 0 spiro atoms. The lowest BCUT2D eigenvalue weighted by atomic mass is 9.68. The molecule has 0 fully saturated rings. The van der Waals surface area contributed by atoms with Gasteiger partial charge in [0.1, 0.15) is 17.1 Å². The van der Waals surface area contributed by atoms with Crippen molar-refractivity contribution in [3.63, 3.8) is 0 Å². The number of aryl methyl sites for hydroxylation is 1. The third kappa shape index (κ3) is 3.13. The lowest BCUT2D eigenvalue weighted by Crippen LogP contribution is -2.45. The average Bonchev–Trinajstić information content (AvgIpc) is 2.90. The van der Waals surface area contributed by atoms with E-state index in [2.05, 4.69) is 5.11 Å². The van der Waals surface area contributed by atoms with Crippen LogP contribution in [0.15, 0.2) is 23.7 Å². The van der Waals surface area contributed by atoms with Crippen LogP contribution in [0.4, 0.5) is 0 Å². The molecule has 0 saturated carbocycles. The predicted octanol–water partition coefficient (Wildman–Crippen LogP) is 5.74. The van der Waals surface area contributed by atoms with Crippen LogP contribution in [0.3, 0.4) is 0 Å². The summed E-state index contributed by atoms with van der Waals surface area (Å²) in [5.74, 6) is -12.0. The molecular weight excluding hydrogens is 284 g/mol. The largest absolute Gasteiger partial charge is 0.507 e. The number of benzene rings is 1. The SMILES string of the molecule is [2H]Oc1c([2H])c(C([2H])([2H])C([2H])([2H])C([2H])([2H])C([2H])([2H])C([2H])([2H])[2H])cc2c1[C@]1([2H])C([2H])=C(C([2H])([2H])[2H])C([2H])([2H])C([2H])([2H])[C@@]1([2H])C(C([2H])([2H])[2H])(C([2H])([2H])[2H])O2. The van der Waals surface area contributed by atoms with Gasteiger partial charge in [-0.25, -0.2) is 0 Å². The van der Waals surface area contributed by atoms with Gasteiger partial charge in [-0.3, -0.25) is 0 Å². The van der Waals surface area contributed by atoms with Crippen molar-refractivity contribution in [3.05, 3.63) is 34.9 Å². The standard InChI is InChI=1S/C21H30O2/c1-5-6-7-8-15-12-18(22)20-16-11-14(2)9-10-17(16)21(3,4)23-19(20)13-15/h11-13,16-17,22H,5-10H2,1-4H3/t16-,17-/m1/s1/i1D3,2D3,3D3,4D3,5D2,6D2,7D2,8D2,9D2,10D2,11D,12D,16D,17D/hD. The molecular formula is C21H30O2. The summed E-state index contributed by atoms with van der Waals surface area (Å²) in [6.07, 6.45) is -25.8. The minimum atomic E-state index is -4.57. The summed E-state index contributed by atoms with van der Waals surface area (Å²) in [7, 11) is 0. The average molecular weight is 344 g/mol. The number of ether oxygens (including phenoxy) is 1. The molecule has 1 aliphatic carbocycles. The van der Waals surface area contributed by atoms with E-state index >= 15 is 0 Å². The van der Waals surface area contributed by atoms with Crippen molar-refractivity contribution in [1.29, 1.82) is 1.43 Å². The van der Waals surface area contributed by atoms with Gasteiger partial charge < -0.3 is 9.85 Å². The van der Waals surface area contributed by atoms with E-state index in [-0.39, 0.29) is 6.07 Å². The van der Waals surface area contributed by atoms with Gasteiger partial charge in [0.25, 0.3) is 1.43 Å². The smallest absolute Gasteiger partial charge is 0.293 e. The number of hydrogen-bond acceptors (Lipinski definition) is 2. The van der Waals surface area contributed by atoms with Crippen LogP contribution in [0.25, 0.3) is 0 Å². The fraction of sp³-hybridized carbons (Fsp3) is 0.619. The van der Waals surface area contributed by atoms with E-state index in [1.807, 2.05) is 0 Å². The molecule has 0 saturated heterocycles. The van der Waals surface area contributed by atoms with Gasteiger partial charge in [-0.15, -0.1) is 0 Å². The first-order valence-electron chi connectivity index (χ1n) is 20.6. The third-order valence-electron chi connectivity index (χ3n) is 3.00. The van der Waals surface area contributed by atoms with Crippen molar-refractivity contribution >= 4 is 0 Å². The topological polar surface area (TPSA) is 29.5 Å². The molecule has 1 aromatic carbocycles. The van der Waals surface area contributed by atoms with Crippen LogP contribution in [0.5, 0.6) is 11.5 Å². The van der Waals surface area contributed by atoms with Gasteiger partial charge in [0.15, 0.2) is 0 Å². The second kappa shape index (κ2) is 6.22. The van der Waals surface area contributed by atoms with Crippen molar-refractivity contribution in [3.8, 4) is 11.5 Å². The van der Waals surface area contributed by atoms with Crippen molar-refractivity contribution < 1.29 is 48.2 Å². The molecule has 2 heteroatoms. The summed E-state index contributed by atoms with van der Waals surface area (Å²) in [6.45, 7) is -16.7. The summed E-state index contributed by atoms with van der Waals surface area (Å²) in [5.41, 5.74) is -9.63. The Hall–Kier alpha value is -1.44. The first-order chi connectivity index (χ1) is 22.5. The minimum absolute atomic E-state index is 0.0300. The van der Waals surface area contributed by atoms with Crippen molar-refractivity contribution in [2.75, 3.05) is 0 Å². The van der Waals surface area contributed by atoms with E-state index in [4.69, 9.17) is 41.8 Å². The molecule has 0 unspecified atom stereocenters. The number of phenols is 1. The van der Waals surface area contributed by atoms with Gasteiger partial charge in [-0.1, -0.05) is 31.2 Å². The van der Waals surface area contributed by atoms with Crippen LogP contribution >= 0.6 is 0 Å². The fourth-order valence-corrected chi connectivity index (χ4v) is 2.12. The van der Waals surface area contributed by atoms with Gasteiger partial charge >= 0.3 is 0 Å². The molecule has 0 bridgehead atoms. The molecule has 1 aromatic rings. The molecule has 0 radical (unpaired) electrons. The zero-order chi connectivity index (χ0) is 41.7. The van der Waals surface area contributed by atoms with Crippen molar-refractivity contribution in [1.82, 2.24) is 0 Å². The Bertz CT molecular complexity index is 1640. The zero-order valence-electron chi connectivity index (χ0n) is 40.4. The highest BCUT2D eigenvalue weighted by molar-refractivity contribution is 5.53. The monoisotopic (exact) mass is 343 g/mol. The van der Waals surface area contributed by atoms with Crippen LogP contribution in [0.2, 0.25) is 0 Å². The quantitative estimate of drug-likeness (QED) is 0.691. The molecule has 0 aromatic heterocycles. The summed E-state index contributed by atoms with van der Waals surface area (Å²) >= 11 is 0. The molecule has 1 N–H and O–H groups in total. The second-order valence-corrected chi connectivity index (χ2v) is 4.53. The first-order valence-corrected chi connectivity index (χ1v) is 6.19. The molecule has 1 aliphatic heterocycles. The van der Waals surface area contributed by atoms with Gasteiger partial charge in [0.05, 0.1) is 2.74 Å². The van der Waals surface area contributed by atoms with Crippen molar-refractivity contribution in [2.45, 2.75) is 77.1 Å². The maximum absolute atomic E-state index is 9.50. The van der Waals surface area contributed by atoms with Gasteiger partial charge in [-0.2, -0.15) is 0 Å². The Balaban J connectivity index is 2.79. The molecule has 1 heterocycles. The summed E-state index contributed by atoms with van der Waals surface area (Å²) in [5, 5.41) is 4.38. The molecule has 126 valence electrons. The van der Waals surface area contributed by atoms with E-state index < -0.39 is 123 Å². The van der Waals surface area contributed by atoms with Gasteiger partial charge in [0.2, 0.25) is 0 Å². The van der Waals surface area contributed by atoms with Gasteiger partial charge in [-0.05, 0) is 63.7 Å². The number of phenolic OH excluding ortho intramolecular Hbond substituents is 1. The van der Waals surface area contributed by atoms with E-state index in [1.54, 1.807) is 0 Å². The maximum Gasteiger partial charge on any atom is 0.293 e. The highest BCUT2D eigenvalue weighted by atomic mass is 16.5. The van der Waals surface area contributed by atoms with Crippen LogP contribution in [-0.2, 0) is 6.37 Å². The molecule has 2 atom stereocenters. The van der Waals surface area contributed by atoms with E-state index in [0.29, 0.717) is 0 Å². The predicted molar refractivity (Wildman–Crippen MR) is 95.3 cm³/mol. The first kappa shape index (κ1) is 3.30. The summed E-state index contributed by atoms with van der Waals surface area (Å²) in [4.78, 5) is 0. The minimum Gasteiger partial charge on any atom is -0.507 e. The van der Waals surface area contributed by atoms with Crippen LogP contribution < -0.4 is 4.74 Å². The van der Waals surface area contributed by atoms with Crippen LogP contribution in [-0.4, -0.2) is 12.1 Å². The number of fused-ring (bicyclic) bond motifs is 3.